The van der Waals surface area contributed by atoms with E-state index >= 15 is 0 Å². The summed E-state index contributed by atoms with van der Waals surface area (Å²) < 4.78 is 15.0. The zero-order chi connectivity index (χ0) is 23.0. The van der Waals surface area contributed by atoms with Gasteiger partial charge in [-0.05, 0) is 29.8 Å². The van der Waals surface area contributed by atoms with Crippen molar-refractivity contribution in [3.05, 3.63) is 70.8 Å². The highest BCUT2D eigenvalue weighted by Crippen LogP contribution is 2.43. The van der Waals surface area contributed by atoms with Crippen LogP contribution in [0.4, 0.5) is 5.69 Å². The molecule has 0 bridgehead atoms. The highest BCUT2D eigenvalue weighted by atomic mass is 16.5. The molecule has 0 amide bonds. The maximum atomic E-state index is 13.7. The maximum Gasteiger partial charge on any atom is 0.336 e. The van der Waals surface area contributed by atoms with E-state index in [9.17, 15) is 19.5 Å². The van der Waals surface area contributed by atoms with Crippen molar-refractivity contribution < 1.29 is 33.7 Å². The van der Waals surface area contributed by atoms with Crippen LogP contribution in [0.1, 0.15) is 15.9 Å². The summed E-state index contributed by atoms with van der Waals surface area (Å²) in [4.78, 5) is 41.0. The highest BCUT2D eigenvalue weighted by Gasteiger charge is 2.50. The number of fused-ring (bicyclic) bond motifs is 3. The molecule has 4 rings (SSSR count). The van der Waals surface area contributed by atoms with E-state index in [-0.39, 0.29) is 28.2 Å². The van der Waals surface area contributed by atoms with Gasteiger partial charge in [0.1, 0.15) is 6.04 Å². The van der Waals surface area contributed by atoms with Crippen LogP contribution >= 0.6 is 0 Å². The molecule has 0 saturated heterocycles. The van der Waals surface area contributed by atoms with Crippen molar-refractivity contribution in [1.82, 2.24) is 0 Å². The standard InChI is InChI=1S/C24H21NO7/c1-30-18-11-9-14(12-17(18)26)22(27)21-20(24(29)32-3)19(23(28)31-2)16-10-8-13-6-4-5-7-15(13)25(16)21/h4-12,16,21,26H,1-3H3. The van der Waals surface area contributed by atoms with Crippen LogP contribution in [0.5, 0.6) is 11.5 Å². The number of phenolic OH excluding ortho intramolecular Hbond substituents is 1. The zero-order valence-electron chi connectivity index (χ0n) is 17.7. The number of rotatable bonds is 5. The molecular weight excluding hydrogens is 414 g/mol. The van der Waals surface area contributed by atoms with Gasteiger partial charge in [0.25, 0.3) is 0 Å². The first-order valence-corrected chi connectivity index (χ1v) is 9.80. The van der Waals surface area contributed by atoms with Gasteiger partial charge in [-0.15, -0.1) is 0 Å². The van der Waals surface area contributed by atoms with Crippen LogP contribution < -0.4 is 9.64 Å². The van der Waals surface area contributed by atoms with Gasteiger partial charge in [-0.3, -0.25) is 4.79 Å². The third-order valence-corrected chi connectivity index (χ3v) is 5.63. The molecule has 8 nitrogen and oxygen atoms in total. The summed E-state index contributed by atoms with van der Waals surface area (Å²) in [6.45, 7) is 0. The normalized spacial score (nSPS) is 18.7. The van der Waals surface area contributed by atoms with Crippen molar-refractivity contribution in [1.29, 1.82) is 0 Å². The Bertz CT molecular complexity index is 1180. The molecule has 2 heterocycles. The Morgan fingerprint density at radius 3 is 2.28 bits per heavy atom. The Hall–Kier alpha value is -4.07. The van der Waals surface area contributed by atoms with Gasteiger partial charge in [-0.1, -0.05) is 30.4 Å². The summed E-state index contributed by atoms with van der Waals surface area (Å²) in [5.41, 5.74) is 1.60. The number of nitrogens with zero attached hydrogens (tertiary/aromatic N) is 1. The molecule has 2 unspecified atom stereocenters. The van der Waals surface area contributed by atoms with Gasteiger partial charge in [0.15, 0.2) is 17.3 Å². The molecule has 164 valence electrons. The van der Waals surface area contributed by atoms with Crippen LogP contribution in [-0.2, 0) is 19.1 Å². The van der Waals surface area contributed by atoms with Crippen LogP contribution in [0.25, 0.3) is 6.08 Å². The third kappa shape index (κ3) is 3.20. The molecule has 0 aliphatic carbocycles. The maximum absolute atomic E-state index is 13.7. The lowest BCUT2D eigenvalue weighted by atomic mass is 9.95. The van der Waals surface area contributed by atoms with Crippen LogP contribution in [-0.4, -0.2) is 56.2 Å². The van der Waals surface area contributed by atoms with E-state index in [1.165, 1.54) is 39.5 Å². The fourth-order valence-electron chi connectivity index (χ4n) is 4.21. The Balaban J connectivity index is 1.93. The quantitative estimate of drug-likeness (QED) is 0.565. The van der Waals surface area contributed by atoms with E-state index in [0.717, 1.165) is 5.56 Å². The predicted octanol–water partition coefficient (Wildman–Crippen LogP) is 2.51. The van der Waals surface area contributed by atoms with Gasteiger partial charge in [-0.2, -0.15) is 0 Å². The number of Topliss-reactive ketones (excluding diaryl/α,β-unsaturated/α-hetero) is 1. The molecule has 0 spiro atoms. The summed E-state index contributed by atoms with van der Waals surface area (Å²) >= 11 is 0. The van der Waals surface area contributed by atoms with Crippen molar-refractivity contribution in [3.8, 4) is 11.5 Å². The van der Waals surface area contributed by atoms with E-state index < -0.39 is 29.8 Å². The Morgan fingerprint density at radius 1 is 0.938 bits per heavy atom. The van der Waals surface area contributed by atoms with E-state index in [1.807, 2.05) is 30.3 Å². The fraction of sp³-hybridized carbons (Fsp3) is 0.208. The van der Waals surface area contributed by atoms with E-state index in [4.69, 9.17) is 14.2 Å². The second-order valence-corrected chi connectivity index (χ2v) is 7.23. The van der Waals surface area contributed by atoms with Gasteiger partial charge in [-0.25, -0.2) is 9.59 Å². The van der Waals surface area contributed by atoms with Crippen LogP contribution in [0.3, 0.4) is 0 Å². The molecular formula is C24H21NO7. The first kappa shape index (κ1) is 21.2. The number of ketones is 1. The second-order valence-electron chi connectivity index (χ2n) is 7.23. The topological polar surface area (TPSA) is 102 Å². The molecule has 2 aliphatic heterocycles. The van der Waals surface area contributed by atoms with Crippen molar-refractivity contribution in [2.75, 3.05) is 26.2 Å². The number of hydrogen-bond donors (Lipinski definition) is 1. The molecule has 2 aromatic rings. The van der Waals surface area contributed by atoms with Gasteiger partial charge in [0.2, 0.25) is 0 Å². The molecule has 0 radical (unpaired) electrons. The largest absolute Gasteiger partial charge is 0.504 e. The number of hydrogen-bond acceptors (Lipinski definition) is 8. The SMILES string of the molecule is COC(=O)C1=C(C(=O)OC)C(C(=O)c2ccc(OC)c(O)c2)N2c3ccccc3C=CC12. The minimum absolute atomic E-state index is 0.0428. The number of benzene rings is 2. The predicted molar refractivity (Wildman–Crippen MR) is 116 cm³/mol. The lowest BCUT2D eigenvalue weighted by molar-refractivity contribution is -0.139. The van der Waals surface area contributed by atoms with Gasteiger partial charge >= 0.3 is 11.9 Å². The highest BCUT2D eigenvalue weighted by molar-refractivity contribution is 6.16. The van der Waals surface area contributed by atoms with E-state index in [0.29, 0.717) is 5.69 Å². The Labute approximate surface area is 184 Å². The Kier molecular flexibility index (Phi) is 5.44. The van der Waals surface area contributed by atoms with Crippen molar-refractivity contribution >= 4 is 29.5 Å². The summed E-state index contributed by atoms with van der Waals surface area (Å²) in [7, 11) is 3.80. The minimum Gasteiger partial charge on any atom is -0.504 e. The smallest absolute Gasteiger partial charge is 0.336 e. The molecule has 0 fully saturated rings. The van der Waals surface area contributed by atoms with Crippen LogP contribution in [0.2, 0.25) is 0 Å². The van der Waals surface area contributed by atoms with Crippen LogP contribution in [0.15, 0.2) is 59.7 Å². The van der Waals surface area contributed by atoms with Crippen molar-refractivity contribution in [2.24, 2.45) is 0 Å². The number of methoxy groups -OCH3 is 3. The molecule has 1 N–H and O–H groups in total. The molecule has 2 aromatic carbocycles. The second kappa shape index (κ2) is 8.22. The third-order valence-electron chi connectivity index (χ3n) is 5.63. The number of ether oxygens (including phenoxy) is 3. The lowest BCUT2D eigenvalue weighted by Crippen LogP contribution is -2.45. The fourth-order valence-corrected chi connectivity index (χ4v) is 4.21. The molecule has 0 saturated carbocycles. The molecule has 2 aliphatic rings. The summed E-state index contributed by atoms with van der Waals surface area (Å²) in [6.07, 6.45) is 3.58. The minimum atomic E-state index is -1.17. The number of anilines is 1. The zero-order valence-corrected chi connectivity index (χ0v) is 17.7. The number of phenols is 1. The number of aromatic hydroxyl groups is 1. The number of para-hydroxylation sites is 1. The summed E-state index contributed by atoms with van der Waals surface area (Å²) in [5, 5.41) is 10.2. The number of carbonyl (C=O) groups is 3. The molecule has 0 aromatic heterocycles. The van der Waals surface area contributed by atoms with Crippen molar-refractivity contribution in [2.45, 2.75) is 12.1 Å². The first-order valence-electron chi connectivity index (χ1n) is 9.80. The summed E-state index contributed by atoms with van der Waals surface area (Å²) in [5.74, 6) is -2.03. The van der Waals surface area contributed by atoms with E-state index in [2.05, 4.69) is 0 Å². The number of esters is 2. The Morgan fingerprint density at radius 2 is 1.62 bits per heavy atom. The lowest BCUT2D eigenvalue weighted by Gasteiger charge is -2.35. The average Bonchev–Trinajstić information content (AvgIpc) is 3.18. The van der Waals surface area contributed by atoms with Gasteiger partial charge < -0.3 is 24.2 Å². The number of carbonyl (C=O) groups excluding carboxylic acids is 3. The molecule has 2 atom stereocenters. The van der Waals surface area contributed by atoms with Gasteiger partial charge in [0.05, 0.1) is 38.5 Å². The first-order chi connectivity index (χ1) is 15.4. The van der Waals surface area contributed by atoms with Gasteiger partial charge in [0, 0.05) is 11.3 Å². The van der Waals surface area contributed by atoms with E-state index in [1.54, 1.807) is 11.0 Å². The average molecular weight is 435 g/mol. The van der Waals surface area contributed by atoms with Crippen molar-refractivity contribution in [3.63, 3.8) is 0 Å². The molecule has 32 heavy (non-hydrogen) atoms. The summed E-state index contributed by atoms with van der Waals surface area (Å²) in [6, 6.07) is 9.70. The monoisotopic (exact) mass is 435 g/mol. The van der Waals surface area contributed by atoms with Crippen LogP contribution in [0, 0.1) is 0 Å². The molecule has 8 heteroatoms.